The Morgan fingerprint density at radius 3 is 2.44 bits per heavy atom. The Balaban J connectivity index is 1.68. The van der Waals surface area contributed by atoms with E-state index in [0.29, 0.717) is 15.6 Å². The van der Waals surface area contributed by atoms with Crippen LogP contribution in [-0.4, -0.2) is 25.0 Å². The largest absolute Gasteiger partial charge is 0.493 e. The van der Waals surface area contributed by atoms with Gasteiger partial charge in [0.2, 0.25) is 5.91 Å². The molecular formula is C25H34N2O4S. The molecule has 2 amide bonds. The van der Waals surface area contributed by atoms with E-state index >= 15 is 0 Å². The van der Waals surface area contributed by atoms with Crippen LogP contribution in [-0.2, 0) is 4.79 Å². The summed E-state index contributed by atoms with van der Waals surface area (Å²) in [5, 5.41) is 6.64. The molecular weight excluding hydrogens is 424 g/mol. The average molecular weight is 459 g/mol. The molecule has 2 N–H and O–H groups in total. The van der Waals surface area contributed by atoms with Gasteiger partial charge < -0.3 is 20.1 Å². The van der Waals surface area contributed by atoms with Crippen LogP contribution in [0, 0.1) is 12.3 Å². The van der Waals surface area contributed by atoms with Gasteiger partial charge in [0.1, 0.15) is 0 Å². The predicted octanol–water partition coefficient (Wildman–Crippen LogP) is 5.86. The van der Waals surface area contributed by atoms with Gasteiger partial charge in [0.05, 0.1) is 29.1 Å². The van der Waals surface area contributed by atoms with Gasteiger partial charge in [-0.1, -0.05) is 26.8 Å². The maximum Gasteiger partial charge on any atom is 0.262 e. The Morgan fingerprint density at radius 2 is 1.81 bits per heavy atom. The van der Waals surface area contributed by atoms with Gasteiger partial charge in [-0.25, -0.2) is 0 Å². The predicted molar refractivity (Wildman–Crippen MR) is 129 cm³/mol. The lowest BCUT2D eigenvalue weighted by Gasteiger charge is -2.19. The minimum Gasteiger partial charge on any atom is -0.493 e. The molecule has 1 fully saturated rings. The van der Waals surface area contributed by atoms with E-state index in [2.05, 4.69) is 10.6 Å². The number of anilines is 1. The monoisotopic (exact) mass is 458 g/mol. The van der Waals surface area contributed by atoms with Crippen molar-refractivity contribution in [2.75, 3.05) is 12.4 Å². The van der Waals surface area contributed by atoms with Crippen LogP contribution in [0.15, 0.2) is 24.3 Å². The molecule has 1 aliphatic rings. The number of nitrogens with one attached hydrogen (secondary N) is 2. The minimum absolute atomic E-state index is 0.0777. The number of hydrogen-bond donors (Lipinski definition) is 2. The second-order valence-corrected chi connectivity index (χ2v) is 10.5. The van der Waals surface area contributed by atoms with Crippen LogP contribution in [0.3, 0.4) is 0 Å². The van der Waals surface area contributed by atoms with Gasteiger partial charge >= 0.3 is 0 Å². The molecule has 6 nitrogen and oxygen atoms in total. The summed E-state index contributed by atoms with van der Waals surface area (Å²) in [6, 6.07) is 7.43. The summed E-state index contributed by atoms with van der Waals surface area (Å²) in [6.45, 7) is 9.39. The highest BCUT2D eigenvalue weighted by Crippen LogP contribution is 2.34. The fraction of sp³-hybridized carbons (Fsp3) is 0.520. The molecule has 3 rings (SSSR count). The van der Waals surface area contributed by atoms with Crippen LogP contribution in [0.25, 0.3) is 0 Å². The third-order valence-corrected chi connectivity index (χ3v) is 6.82. The summed E-state index contributed by atoms with van der Waals surface area (Å²) < 4.78 is 11.7. The Kier molecular flexibility index (Phi) is 7.49. The zero-order valence-electron chi connectivity index (χ0n) is 19.8. The molecule has 1 aliphatic carbocycles. The highest BCUT2D eigenvalue weighted by atomic mass is 32.1. The molecule has 2 aromatic rings. The standard InChI is InChI=1S/C25H34N2O4S/c1-15-13-21(27-24(29)25(3,4)5)32-22(15)23(28)26-16(2)17-11-12-19(20(14-17)30-6)31-18-9-7-8-10-18/h11-14,16,18H,7-10H2,1-6H3,(H,26,28)(H,27,29). The highest BCUT2D eigenvalue weighted by Gasteiger charge is 2.24. The molecule has 0 radical (unpaired) electrons. The molecule has 1 unspecified atom stereocenters. The molecule has 1 saturated carbocycles. The molecule has 1 heterocycles. The van der Waals surface area contributed by atoms with Crippen molar-refractivity contribution < 1.29 is 19.1 Å². The molecule has 174 valence electrons. The number of ether oxygens (including phenoxy) is 2. The number of amides is 2. The molecule has 1 aromatic carbocycles. The number of carbonyl (C=O) groups is 2. The number of hydrogen-bond acceptors (Lipinski definition) is 5. The van der Waals surface area contributed by atoms with E-state index in [1.807, 2.05) is 58.9 Å². The number of thiophene rings is 1. The number of rotatable bonds is 7. The third kappa shape index (κ3) is 5.82. The van der Waals surface area contributed by atoms with E-state index in [-0.39, 0.29) is 24.0 Å². The van der Waals surface area contributed by atoms with E-state index in [9.17, 15) is 9.59 Å². The molecule has 1 atom stereocenters. The normalized spacial score (nSPS) is 15.3. The maximum atomic E-state index is 12.9. The lowest BCUT2D eigenvalue weighted by atomic mass is 9.96. The van der Waals surface area contributed by atoms with Gasteiger partial charge in [-0.3, -0.25) is 9.59 Å². The van der Waals surface area contributed by atoms with Crippen molar-refractivity contribution in [3.05, 3.63) is 40.3 Å². The summed E-state index contributed by atoms with van der Waals surface area (Å²) in [7, 11) is 1.63. The first kappa shape index (κ1) is 24.1. The Labute approximate surface area is 194 Å². The molecule has 1 aromatic heterocycles. The van der Waals surface area contributed by atoms with Gasteiger partial charge in [0.25, 0.3) is 5.91 Å². The summed E-state index contributed by atoms with van der Waals surface area (Å²) >= 11 is 1.29. The summed E-state index contributed by atoms with van der Waals surface area (Å²) in [4.78, 5) is 25.8. The lowest BCUT2D eigenvalue weighted by molar-refractivity contribution is -0.123. The van der Waals surface area contributed by atoms with Crippen LogP contribution in [0.5, 0.6) is 11.5 Å². The van der Waals surface area contributed by atoms with Crippen molar-refractivity contribution in [1.29, 1.82) is 0 Å². The van der Waals surface area contributed by atoms with Crippen molar-refractivity contribution in [2.24, 2.45) is 5.41 Å². The first-order chi connectivity index (χ1) is 15.1. The quantitative estimate of drug-likeness (QED) is 0.545. The maximum absolute atomic E-state index is 12.9. The summed E-state index contributed by atoms with van der Waals surface area (Å²) in [5.41, 5.74) is 1.27. The molecule has 7 heteroatoms. The lowest BCUT2D eigenvalue weighted by Crippen LogP contribution is -2.27. The zero-order chi connectivity index (χ0) is 23.5. The van der Waals surface area contributed by atoms with Crippen LogP contribution < -0.4 is 20.1 Å². The average Bonchev–Trinajstić information content (AvgIpc) is 3.36. The van der Waals surface area contributed by atoms with Crippen LogP contribution in [0.4, 0.5) is 5.00 Å². The fourth-order valence-corrected chi connectivity index (χ4v) is 4.62. The second kappa shape index (κ2) is 9.94. The minimum atomic E-state index is -0.498. The fourth-order valence-electron chi connectivity index (χ4n) is 3.65. The van der Waals surface area contributed by atoms with E-state index in [1.165, 1.54) is 24.2 Å². The SMILES string of the molecule is COc1cc(C(C)NC(=O)c2sc(NC(=O)C(C)(C)C)cc2C)ccc1OC1CCCC1. The first-order valence-corrected chi connectivity index (χ1v) is 12.0. The number of carbonyl (C=O) groups excluding carboxylic acids is 2. The van der Waals surface area contributed by atoms with Crippen molar-refractivity contribution >= 4 is 28.2 Å². The van der Waals surface area contributed by atoms with Crippen molar-refractivity contribution in [3.63, 3.8) is 0 Å². The van der Waals surface area contributed by atoms with E-state index in [0.717, 1.165) is 29.7 Å². The number of methoxy groups -OCH3 is 1. The molecule has 0 saturated heterocycles. The first-order valence-electron chi connectivity index (χ1n) is 11.2. The zero-order valence-corrected chi connectivity index (χ0v) is 20.7. The topological polar surface area (TPSA) is 76.7 Å². The van der Waals surface area contributed by atoms with E-state index in [4.69, 9.17) is 9.47 Å². The van der Waals surface area contributed by atoms with Crippen molar-refractivity contribution in [2.45, 2.75) is 72.4 Å². The smallest absolute Gasteiger partial charge is 0.262 e. The van der Waals surface area contributed by atoms with Crippen molar-refractivity contribution in [3.8, 4) is 11.5 Å². The number of aryl methyl sites for hydroxylation is 1. The second-order valence-electron chi connectivity index (χ2n) is 9.46. The number of benzene rings is 1. The van der Waals surface area contributed by atoms with E-state index < -0.39 is 5.41 Å². The van der Waals surface area contributed by atoms with Crippen LogP contribution >= 0.6 is 11.3 Å². The molecule has 0 spiro atoms. The van der Waals surface area contributed by atoms with Gasteiger partial charge in [-0.15, -0.1) is 11.3 Å². The molecule has 0 bridgehead atoms. The Bertz CT molecular complexity index is 971. The molecule has 0 aliphatic heterocycles. The van der Waals surface area contributed by atoms with Crippen LogP contribution in [0.2, 0.25) is 0 Å². The Hall–Kier alpha value is -2.54. The highest BCUT2D eigenvalue weighted by molar-refractivity contribution is 7.18. The molecule has 32 heavy (non-hydrogen) atoms. The summed E-state index contributed by atoms with van der Waals surface area (Å²) in [6.07, 6.45) is 4.82. The Morgan fingerprint density at radius 1 is 1.12 bits per heavy atom. The van der Waals surface area contributed by atoms with E-state index in [1.54, 1.807) is 7.11 Å². The van der Waals surface area contributed by atoms with Crippen LogP contribution in [0.1, 0.15) is 80.2 Å². The van der Waals surface area contributed by atoms with Gasteiger partial charge in [0, 0.05) is 5.41 Å². The van der Waals surface area contributed by atoms with Gasteiger partial charge in [0.15, 0.2) is 11.5 Å². The van der Waals surface area contributed by atoms with Gasteiger partial charge in [-0.05, 0) is 68.9 Å². The third-order valence-electron chi connectivity index (χ3n) is 5.67. The van der Waals surface area contributed by atoms with Gasteiger partial charge in [-0.2, -0.15) is 0 Å². The van der Waals surface area contributed by atoms with Crippen molar-refractivity contribution in [1.82, 2.24) is 5.32 Å². The summed E-state index contributed by atoms with van der Waals surface area (Å²) in [5.74, 6) is 1.18.